The maximum atomic E-state index is 14.8. The fourth-order valence-electron chi connectivity index (χ4n) is 7.04. The largest absolute Gasteiger partial charge is 0.358 e. The van der Waals surface area contributed by atoms with Gasteiger partial charge in [-0.3, -0.25) is 14.4 Å². The molecule has 0 bridgehead atoms. The van der Waals surface area contributed by atoms with E-state index in [-0.39, 0.29) is 17.5 Å². The van der Waals surface area contributed by atoms with Gasteiger partial charge >= 0.3 is 0 Å². The van der Waals surface area contributed by atoms with Crippen LogP contribution in [0.25, 0.3) is 6.08 Å². The maximum absolute atomic E-state index is 14.8. The molecule has 1 spiro atoms. The summed E-state index contributed by atoms with van der Waals surface area (Å²) in [5.41, 5.74) is 3.76. The SMILES string of the molecule is CCCc1ccc(C(=O)C2C(C(=O)c3cccs3)N3C=Cc4ccccc4C3C23C(=O)Nc2ccccc23)cc1. The van der Waals surface area contributed by atoms with Crippen LogP contribution in [0.2, 0.25) is 0 Å². The number of para-hydroxylation sites is 1. The number of aryl methyl sites for hydroxylation is 1. The van der Waals surface area contributed by atoms with Crippen LogP contribution in [0.1, 0.15) is 61.7 Å². The number of Topliss-reactive ketones (excluding diaryl/α,β-unsaturated/α-hetero) is 2. The topological polar surface area (TPSA) is 66.5 Å². The minimum Gasteiger partial charge on any atom is -0.358 e. The highest BCUT2D eigenvalue weighted by Gasteiger charge is 2.70. The summed E-state index contributed by atoms with van der Waals surface area (Å²) < 4.78 is 0. The number of carbonyl (C=O) groups is 3. The van der Waals surface area contributed by atoms with Crippen LogP contribution in [0.15, 0.2) is 96.5 Å². The molecular weight excluding hydrogens is 516 g/mol. The van der Waals surface area contributed by atoms with Gasteiger partial charge in [-0.2, -0.15) is 0 Å². The van der Waals surface area contributed by atoms with Crippen molar-refractivity contribution in [3.8, 4) is 0 Å². The van der Waals surface area contributed by atoms with Crippen molar-refractivity contribution in [2.45, 2.75) is 37.3 Å². The molecule has 4 aromatic rings. The van der Waals surface area contributed by atoms with Gasteiger partial charge in [-0.05, 0) is 52.3 Å². The van der Waals surface area contributed by atoms with Gasteiger partial charge in [-0.15, -0.1) is 11.3 Å². The summed E-state index contributed by atoms with van der Waals surface area (Å²) in [6.45, 7) is 2.12. The van der Waals surface area contributed by atoms with Crippen molar-refractivity contribution in [2.24, 2.45) is 5.92 Å². The standard InChI is InChI=1S/C34H28N2O3S/c1-2-8-21-14-16-23(17-15-21)30(37)28-29(31(38)27-13-7-20-40-27)36-19-18-22-9-3-4-10-24(22)32(36)34(28)25-11-5-6-12-26(25)35-33(34)39/h3-7,9-20,28-29,32H,2,8H2,1H3,(H,35,39). The van der Waals surface area contributed by atoms with Gasteiger partial charge in [0.05, 0.1) is 16.8 Å². The van der Waals surface area contributed by atoms with Gasteiger partial charge in [0.25, 0.3) is 0 Å². The third-order valence-corrected chi connectivity index (χ3v) is 9.55. The van der Waals surface area contributed by atoms with Crippen molar-refractivity contribution in [3.63, 3.8) is 0 Å². The number of nitrogens with zero attached hydrogens (tertiary/aromatic N) is 1. The van der Waals surface area contributed by atoms with Crippen molar-refractivity contribution >= 4 is 40.6 Å². The zero-order valence-corrected chi connectivity index (χ0v) is 22.9. The summed E-state index contributed by atoms with van der Waals surface area (Å²) in [5, 5.41) is 4.97. The van der Waals surface area contributed by atoms with E-state index in [9.17, 15) is 14.4 Å². The molecule has 0 aliphatic carbocycles. The monoisotopic (exact) mass is 544 g/mol. The molecule has 4 unspecified atom stereocenters. The fraction of sp³-hybridized carbons (Fsp3) is 0.206. The molecule has 40 heavy (non-hydrogen) atoms. The number of thiophene rings is 1. The number of carbonyl (C=O) groups excluding carboxylic acids is 3. The molecular formula is C34H28N2O3S. The maximum Gasteiger partial charge on any atom is 0.238 e. The van der Waals surface area contributed by atoms with E-state index in [0.717, 1.165) is 35.1 Å². The molecule has 1 N–H and O–H groups in total. The number of hydrogen-bond acceptors (Lipinski definition) is 5. The molecule has 4 heterocycles. The minimum atomic E-state index is -1.30. The van der Waals surface area contributed by atoms with Crippen molar-refractivity contribution in [1.29, 1.82) is 0 Å². The second kappa shape index (κ2) is 9.42. The molecule has 1 fully saturated rings. The Hall–Kier alpha value is -4.29. The average Bonchev–Trinajstić information content (AvgIpc) is 3.70. The molecule has 1 amide bonds. The number of ketones is 2. The lowest BCUT2D eigenvalue weighted by Gasteiger charge is -2.38. The molecule has 1 aromatic heterocycles. The first-order chi connectivity index (χ1) is 19.6. The van der Waals surface area contributed by atoms with Gasteiger partial charge < -0.3 is 10.2 Å². The lowest BCUT2D eigenvalue weighted by Crippen LogP contribution is -2.49. The highest BCUT2D eigenvalue weighted by Crippen LogP contribution is 2.62. The Morgan fingerprint density at radius 2 is 1.70 bits per heavy atom. The second-order valence-corrected chi connectivity index (χ2v) is 11.7. The van der Waals surface area contributed by atoms with Crippen LogP contribution in [0, 0.1) is 5.92 Å². The van der Waals surface area contributed by atoms with Crippen LogP contribution in [0.3, 0.4) is 0 Å². The second-order valence-electron chi connectivity index (χ2n) is 10.7. The van der Waals surface area contributed by atoms with Gasteiger partial charge in [0, 0.05) is 17.5 Å². The molecule has 5 nitrogen and oxygen atoms in total. The lowest BCUT2D eigenvalue weighted by molar-refractivity contribution is -0.122. The van der Waals surface area contributed by atoms with Crippen LogP contribution < -0.4 is 5.32 Å². The van der Waals surface area contributed by atoms with E-state index < -0.39 is 23.4 Å². The summed E-state index contributed by atoms with van der Waals surface area (Å²) in [5.74, 6) is -1.51. The van der Waals surface area contributed by atoms with Gasteiger partial charge in [0.2, 0.25) is 5.91 Å². The van der Waals surface area contributed by atoms with E-state index in [0.29, 0.717) is 16.1 Å². The van der Waals surface area contributed by atoms with Crippen molar-refractivity contribution in [2.75, 3.05) is 5.32 Å². The zero-order valence-electron chi connectivity index (χ0n) is 22.0. The first-order valence-electron chi connectivity index (χ1n) is 13.7. The quantitative estimate of drug-likeness (QED) is 0.275. The number of nitrogens with one attached hydrogen (secondary N) is 1. The van der Waals surface area contributed by atoms with E-state index in [4.69, 9.17) is 0 Å². The molecule has 0 saturated carbocycles. The smallest absolute Gasteiger partial charge is 0.238 e. The highest BCUT2D eigenvalue weighted by atomic mass is 32.1. The number of fused-ring (bicyclic) bond motifs is 6. The number of benzene rings is 3. The Kier molecular flexibility index (Phi) is 5.82. The van der Waals surface area contributed by atoms with Gasteiger partial charge in [0.1, 0.15) is 11.5 Å². The summed E-state index contributed by atoms with van der Waals surface area (Å²) in [6, 6.07) is 25.5. The average molecular weight is 545 g/mol. The van der Waals surface area contributed by atoms with E-state index in [2.05, 4.69) is 12.2 Å². The first kappa shape index (κ1) is 24.7. The molecule has 7 rings (SSSR count). The summed E-state index contributed by atoms with van der Waals surface area (Å²) in [6.07, 6.45) is 5.83. The van der Waals surface area contributed by atoms with E-state index >= 15 is 0 Å². The van der Waals surface area contributed by atoms with E-state index in [1.165, 1.54) is 11.3 Å². The third-order valence-electron chi connectivity index (χ3n) is 8.66. The van der Waals surface area contributed by atoms with Crippen molar-refractivity contribution in [1.82, 2.24) is 4.90 Å². The van der Waals surface area contributed by atoms with E-state index in [1.807, 2.05) is 101 Å². The van der Waals surface area contributed by atoms with Crippen molar-refractivity contribution in [3.05, 3.63) is 129 Å². The van der Waals surface area contributed by atoms with Crippen LogP contribution in [0.5, 0.6) is 0 Å². The Labute approximate surface area is 237 Å². The Morgan fingerprint density at radius 3 is 2.48 bits per heavy atom. The molecule has 4 atom stereocenters. The number of hydrogen-bond donors (Lipinski definition) is 1. The van der Waals surface area contributed by atoms with Crippen LogP contribution in [-0.2, 0) is 16.6 Å². The minimum absolute atomic E-state index is 0.140. The first-order valence-corrected chi connectivity index (χ1v) is 14.6. The number of rotatable bonds is 6. The summed E-state index contributed by atoms with van der Waals surface area (Å²) in [4.78, 5) is 46.2. The zero-order chi connectivity index (χ0) is 27.4. The summed E-state index contributed by atoms with van der Waals surface area (Å²) >= 11 is 1.37. The normalized spacial score (nSPS) is 24.0. The summed E-state index contributed by atoms with van der Waals surface area (Å²) in [7, 11) is 0. The van der Waals surface area contributed by atoms with Gasteiger partial charge in [0.15, 0.2) is 11.6 Å². The Morgan fingerprint density at radius 1 is 0.925 bits per heavy atom. The Balaban J connectivity index is 1.50. The molecule has 198 valence electrons. The van der Waals surface area contributed by atoms with Gasteiger partial charge in [-0.1, -0.05) is 86.1 Å². The predicted octanol–water partition coefficient (Wildman–Crippen LogP) is 6.68. The van der Waals surface area contributed by atoms with Crippen LogP contribution in [-0.4, -0.2) is 28.4 Å². The predicted molar refractivity (Wildman–Crippen MR) is 158 cm³/mol. The molecule has 1 saturated heterocycles. The molecule has 3 aliphatic heterocycles. The van der Waals surface area contributed by atoms with Crippen LogP contribution >= 0.6 is 11.3 Å². The number of anilines is 1. The Bertz CT molecular complexity index is 1670. The van der Waals surface area contributed by atoms with Gasteiger partial charge in [-0.25, -0.2) is 0 Å². The fourth-order valence-corrected chi connectivity index (χ4v) is 7.73. The lowest BCUT2D eigenvalue weighted by atomic mass is 9.62. The van der Waals surface area contributed by atoms with Crippen molar-refractivity contribution < 1.29 is 14.4 Å². The molecule has 6 heteroatoms. The molecule has 3 aliphatic rings. The van der Waals surface area contributed by atoms with Crippen LogP contribution in [0.4, 0.5) is 5.69 Å². The molecule has 0 radical (unpaired) electrons. The number of amides is 1. The third kappa shape index (κ3) is 3.42. The highest BCUT2D eigenvalue weighted by molar-refractivity contribution is 7.12. The van der Waals surface area contributed by atoms with E-state index in [1.54, 1.807) is 6.07 Å². The molecule has 3 aromatic carbocycles.